The molecule has 0 aliphatic carbocycles. The Morgan fingerprint density at radius 2 is 0.970 bits per heavy atom. The van der Waals surface area contributed by atoms with Crippen LogP contribution in [0, 0.1) is 0 Å². The van der Waals surface area contributed by atoms with Crippen LogP contribution in [0.15, 0.2) is 0 Å². The molecule has 0 aromatic carbocycles. The maximum Gasteiger partial charge on any atom is 0.307 e. The van der Waals surface area contributed by atoms with Gasteiger partial charge in [-0.1, -0.05) is 129 Å². The van der Waals surface area contributed by atoms with Crippen LogP contribution < -0.4 is 0 Å². The minimum absolute atomic E-state index is 0. The Bertz CT molecular complexity index is 428. The zero-order chi connectivity index (χ0) is 23.7. The first-order valence-corrected chi connectivity index (χ1v) is 14.0. The lowest BCUT2D eigenvalue weighted by Gasteiger charge is -2.16. The third-order valence-corrected chi connectivity index (χ3v) is 6.31. The van der Waals surface area contributed by atoms with E-state index in [0.29, 0.717) is 12.8 Å². The molecule has 0 amide bonds. The van der Waals surface area contributed by atoms with E-state index >= 15 is 0 Å². The van der Waals surface area contributed by atoms with Crippen LogP contribution in [0.5, 0.6) is 0 Å². The molecule has 0 saturated carbocycles. The minimum atomic E-state index is -0.881. The standard InChI is InChI=1S/C28H54O4.ClH/c1-3-5-7-9-11-13-14-16-18-20-22-24-28(31)32-26(25-27(29)30)23-21-19-17-15-12-10-8-6-4-2;/h26H,3-25H2,1-2H3,(H,29,30);1H/t26-;/m1./s1. The number of unbranched alkanes of at least 4 members (excludes halogenated alkanes) is 18. The molecule has 0 aliphatic rings. The zero-order valence-electron chi connectivity index (χ0n) is 21.9. The van der Waals surface area contributed by atoms with Gasteiger partial charge in [0.15, 0.2) is 0 Å². The van der Waals surface area contributed by atoms with Crippen LogP contribution in [0.25, 0.3) is 0 Å². The summed E-state index contributed by atoms with van der Waals surface area (Å²) in [6, 6.07) is 0. The van der Waals surface area contributed by atoms with Gasteiger partial charge in [-0.25, -0.2) is 0 Å². The molecule has 0 heterocycles. The lowest BCUT2D eigenvalue weighted by atomic mass is 10.0. The fourth-order valence-electron chi connectivity index (χ4n) is 4.26. The van der Waals surface area contributed by atoms with Gasteiger partial charge in [-0.05, 0) is 19.3 Å². The minimum Gasteiger partial charge on any atom is -0.481 e. The molecule has 0 radical (unpaired) electrons. The van der Waals surface area contributed by atoms with Crippen LogP contribution >= 0.6 is 12.4 Å². The number of carbonyl (C=O) groups excluding carboxylic acids is 1. The number of ether oxygens (including phenoxy) is 1. The van der Waals surface area contributed by atoms with Gasteiger partial charge >= 0.3 is 11.9 Å². The Hall–Kier alpha value is -0.770. The van der Waals surface area contributed by atoms with E-state index in [9.17, 15) is 9.59 Å². The van der Waals surface area contributed by atoms with Gasteiger partial charge in [-0.2, -0.15) is 0 Å². The van der Waals surface area contributed by atoms with Crippen molar-refractivity contribution in [1.29, 1.82) is 0 Å². The third-order valence-electron chi connectivity index (χ3n) is 6.31. The second-order valence-electron chi connectivity index (χ2n) is 9.61. The molecule has 1 N–H and O–H groups in total. The topological polar surface area (TPSA) is 63.6 Å². The molecule has 33 heavy (non-hydrogen) atoms. The molecular weight excluding hydrogens is 436 g/mol. The Morgan fingerprint density at radius 3 is 1.36 bits per heavy atom. The largest absolute Gasteiger partial charge is 0.481 e. The fraction of sp³-hybridized carbons (Fsp3) is 0.929. The van der Waals surface area contributed by atoms with E-state index in [-0.39, 0.29) is 24.8 Å². The molecule has 5 heteroatoms. The van der Waals surface area contributed by atoms with E-state index < -0.39 is 12.1 Å². The summed E-state index contributed by atoms with van der Waals surface area (Å²) < 4.78 is 5.51. The molecule has 0 rings (SSSR count). The van der Waals surface area contributed by atoms with Crippen molar-refractivity contribution in [2.75, 3.05) is 0 Å². The normalized spacial score (nSPS) is 11.7. The SMILES string of the molecule is CCCCCCCCCCCCCC(=O)O[C@H](CCCCCCCCCCC)CC(=O)O.Cl. The molecule has 0 bridgehead atoms. The van der Waals surface area contributed by atoms with Gasteiger partial charge in [0.2, 0.25) is 0 Å². The lowest BCUT2D eigenvalue weighted by Crippen LogP contribution is -2.21. The summed E-state index contributed by atoms with van der Waals surface area (Å²) in [5.41, 5.74) is 0. The predicted molar refractivity (Wildman–Crippen MR) is 142 cm³/mol. The van der Waals surface area contributed by atoms with Crippen LogP contribution in [-0.4, -0.2) is 23.1 Å². The summed E-state index contributed by atoms with van der Waals surface area (Å²) in [5, 5.41) is 9.13. The van der Waals surface area contributed by atoms with Gasteiger partial charge in [0.05, 0.1) is 6.42 Å². The molecule has 0 fully saturated rings. The average Bonchev–Trinajstić information content (AvgIpc) is 2.75. The van der Waals surface area contributed by atoms with Crippen LogP contribution in [0.1, 0.15) is 162 Å². The molecule has 0 unspecified atom stereocenters. The highest BCUT2D eigenvalue weighted by atomic mass is 35.5. The first-order chi connectivity index (χ1) is 15.6. The number of carboxylic acid groups (broad SMARTS) is 1. The second-order valence-corrected chi connectivity index (χ2v) is 9.61. The van der Waals surface area contributed by atoms with E-state index in [1.54, 1.807) is 0 Å². The number of aliphatic carboxylic acids is 1. The number of esters is 1. The van der Waals surface area contributed by atoms with Crippen molar-refractivity contribution in [1.82, 2.24) is 0 Å². The molecule has 0 spiro atoms. The van der Waals surface area contributed by atoms with Crippen molar-refractivity contribution in [3.8, 4) is 0 Å². The van der Waals surface area contributed by atoms with Gasteiger partial charge in [-0.3, -0.25) is 9.59 Å². The highest BCUT2D eigenvalue weighted by molar-refractivity contribution is 5.85. The molecule has 198 valence electrons. The Morgan fingerprint density at radius 1 is 0.606 bits per heavy atom. The van der Waals surface area contributed by atoms with E-state index in [2.05, 4.69) is 13.8 Å². The number of halogens is 1. The summed E-state index contributed by atoms with van der Waals surface area (Å²) in [7, 11) is 0. The van der Waals surface area contributed by atoms with E-state index in [4.69, 9.17) is 9.84 Å². The zero-order valence-corrected chi connectivity index (χ0v) is 22.7. The number of carboxylic acids is 1. The van der Waals surface area contributed by atoms with Gasteiger partial charge in [0.1, 0.15) is 6.10 Å². The Labute approximate surface area is 211 Å². The summed E-state index contributed by atoms with van der Waals surface area (Å²) in [6.45, 7) is 4.48. The van der Waals surface area contributed by atoms with E-state index in [0.717, 1.165) is 25.7 Å². The van der Waals surface area contributed by atoms with Crippen LogP contribution in [0.2, 0.25) is 0 Å². The number of carbonyl (C=O) groups is 2. The fourth-order valence-corrected chi connectivity index (χ4v) is 4.26. The lowest BCUT2D eigenvalue weighted by molar-refractivity contribution is -0.153. The number of hydrogen-bond acceptors (Lipinski definition) is 3. The highest BCUT2D eigenvalue weighted by Crippen LogP contribution is 2.16. The second kappa shape index (κ2) is 27.5. The molecule has 0 aliphatic heterocycles. The van der Waals surface area contributed by atoms with Crippen LogP contribution in [0.4, 0.5) is 0 Å². The summed E-state index contributed by atoms with van der Waals surface area (Å²) in [5.74, 6) is -1.10. The van der Waals surface area contributed by atoms with Gasteiger partial charge in [0, 0.05) is 6.42 Å². The smallest absolute Gasteiger partial charge is 0.307 e. The molecule has 1 atom stereocenters. The summed E-state index contributed by atoms with van der Waals surface area (Å²) >= 11 is 0. The highest BCUT2D eigenvalue weighted by Gasteiger charge is 2.17. The summed E-state index contributed by atoms with van der Waals surface area (Å²) in [4.78, 5) is 23.3. The molecular formula is C28H55ClO4. The van der Waals surface area contributed by atoms with Crippen molar-refractivity contribution >= 4 is 24.3 Å². The van der Waals surface area contributed by atoms with Crippen LogP contribution in [-0.2, 0) is 14.3 Å². The summed E-state index contributed by atoms with van der Waals surface area (Å²) in [6.07, 6.45) is 25.4. The Kier molecular flexibility index (Phi) is 28.6. The van der Waals surface area contributed by atoms with Crippen molar-refractivity contribution in [3.63, 3.8) is 0 Å². The molecule has 4 nitrogen and oxygen atoms in total. The maximum absolute atomic E-state index is 12.1. The first kappa shape index (κ1) is 34.4. The Balaban J connectivity index is 0. The maximum atomic E-state index is 12.1. The van der Waals surface area contributed by atoms with E-state index in [1.165, 1.54) is 103 Å². The van der Waals surface area contributed by atoms with Crippen molar-refractivity contribution < 1.29 is 19.4 Å². The quantitative estimate of drug-likeness (QED) is 0.102. The number of rotatable bonds is 25. The first-order valence-electron chi connectivity index (χ1n) is 14.0. The third kappa shape index (κ3) is 27.4. The average molecular weight is 491 g/mol. The number of hydrogen-bond donors (Lipinski definition) is 1. The molecule has 0 aromatic rings. The van der Waals surface area contributed by atoms with E-state index in [1.807, 2.05) is 0 Å². The van der Waals surface area contributed by atoms with Crippen molar-refractivity contribution in [3.05, 3.63) is 0 Å². The van der Waals surface area contributed by atoms with Crippen molar-refractivity contribution in [2.45, 2.75) is 168 Å². The van der Waals surface area contributed by atoms with Gasteiger partial charge < -0.3 is 9.84 Å². The van der Waals surface area contributed by atoms with Crippen molar-refractivity contribution in [2.24, 2.45) is 0 Å². The monoisotopic (exact) mass is 490 g/mol. The van der Waals surface area contributed by atoms with Gasteiger partial charge in [-0.15, -0.1) is 12.4 Å². The van der Waals surface area contributed by atoms with Crippen LogP contribution in [0.3, 0.4) is 0 Å². The van der Waals surface area contributed by atoms with Gasteiger partial charge in [0.25, 0.3) is 0 Å². The molecule has 0 aromatic heterocycles. The predicted octanol–water partition coefficient (Wildman–Crippen LogP) is 9.42. The molecule has 0 saturated heterocycles.